The van der Waals surface area contributed by atoms with Crippen LogP contribution in [0.4, 0.5) is 5.82 Å². The molecule has 1 atom stereocenters. The highest BCUT2D eigenvalue weighted by Crippen LogP contribution is 2.15. The monoisotopic (exact) mass is 369 g/mol. The maximum absolute atomic E-state index is 12.2. The third-order valence-corrected chi connectivity index (χ3v) is 3.37. The average molecular weight is 369 g/mol. The smallest absolute Gasteiger partial charge is 0.349 e. The molecule has 27 heavy (non-hydrogen) atoms. The summed E-state index contributed by atoms with van der Waals surface area (Å²) in [4.78, 5) is 24.2. The molecule has 1 heterocycles. The van der Waals surface area contributed by atoms with E-state index in [4.69, 9.17) is 14.0 Å². The van der Waals surface area contributed by atoms with Crippen LogP contribution < -0.4 is 10.1 Å². The van der Waals surface area contributed by atoms with Gasteiger partial charge in [-0.15, -0.1) is 0 Å². The van der Waals surface area contributed by atoms with Gasteiger partial charge >= 0.3 is 5.97 Å². The van der Waals surface area contributed by atoms with Gasteiger partial charge in [-0.1, -0.05) is 17.3 Å². The summed E-state index contributed by atoms with van der Waals surface area (Å²) >= 11 is 0. The second kappa shape index (κ2) is 9.20. The third-order valence-electron chi connectivity index (χ3n) is 3.37. The molecule has 8 nitrogen and oxygen atoms in total. The minimum Gasteiger partial charge on any atom is -0.494 e. The number of aryl methyl sites for hydroxylation is 1. The molecule has 0 aliphatic heterocycles. The zero-order valence-corrected chi connectivity index (χ0v) is 15.2. The number of carbonyl (C=O) groups excluding carboxylic acids is 2. The van der Waals surface area contributed by atoms with Crippen LogP contribution in [0.5, 0.6) is 5.75 Å². The van der Waals surface area contributed by atoms with Crippen molar-refractivity contribution in [2.75, 3.05) is 11.9 Å². The van der Waals surface area contributed by atoms with Crippen molar-refractivity contribution < 1.29 is 23.6 Å². The van der Waals surface area contributed by atoms with Crippen LogP contribution in [-0.2, 0) is 14.3 Å². The molecule has 0 fully saturated rings. The Labute approximate surface area is 156 Å². The van der Waals surface area contributed by atoms with Gasteiger partial charge < -0.3 is 19.3 Å². The van der Waals surface area contributed by atoms with Crippen LogP contribution in [0.25, 0.3) is 6.08 Å². The molecular formula is C19H19N3O5. The van der Waals surface area contributed by atoms with Crippen molar-refractivity contribution in [3.05, 3.63) is 47.2 Å². The van der Waals surface area contributed by atoms with E-state index in [0.717, 1.165) is 0 Å². The second-order valence-electron chi connectivity index (χ2n) is 5.53. The number of anilines is 1. The average Bonchev–Trinajstić information content (AvgIpc) is 3.05. The van der Waals surface area contributed by atoms with Gasteiger partial charge in [-0.05, 0) is 44.5 Å². The fraction of sp³-hybridized carbons (Fsp3) is 0.263. The second-order valence-corrected chi connectivity index (χ2v) is 5.53. The van der Waals surface area contributed by atoms with Crippen LogP contribution in [0.15, 0.2) is 40.4 Å². The molecule has 1 amide bonds. The molecule has 2 aromatic rings. The number of hydrogen-bond acceptors (Lipinski definition) is 7. The predicted molar refractivity (Wildman–Crippen MR) is 96.6 cm³/mol. The van der Waals surface area contributed by atoms with E-state index in [0.29, 0.717) is 23.7 Å². The molecule has 0 unspecified atom stereocenters. The molecule has 1 N–H and O–H groups in total. The van der Waals surface area contributed by atoms with Crippen LogP contribution >= 0.6 is 0 Å². The molecule has 0 aliphatic carbocycles. The number of hydrogen-bond donors (Lipinski definition) is 1. The first-order valence-electron chi connectivity index (χ1n) is 8.22. The molecule has 0 aliphatic rings. The summed E-state index contributed by atoms with van der Waals surface area (Å²) in [5.74, 6) is -0.0599. The van der Waals surface area contributed by atoms with Gasteiger partial charge in [-0.3, -0.25) is 4.79 Å². The van der Waals surface area contributed by atoms with E-state index in [-0.39, 0.29) is 11.4 Å². The number of nitrogens with zero attached hydrogens (tertiary/aromatic N) is 2. The molecule has 1 aromatic carbocycles. The minimum atomic E-state index is -1.12. The number of nitriles is 1. The van der Waals surface area contributed by atoms with Crippen molar-refractivity contribution in [3.8, 4) is 11.8 Å². The Balaban J connectivity index is 2.00. The summed E-state index contributed by atoms with van der Waals surface area (Å²) in [5, 5.41) is 15.3. The predicted octanol–water partition coefficient (Wildman–Crippen LogP) is 2.86. The molecule has 2 rings (SSSR count). The molecule has 140 valence electrons. The number of benzene rings is 1. The van der Waals surface area contributed by atoms with Crippen LogP contribution in [0.1, 0.15) is 25.2 Å². The van der Waals surface area contributed by atoms with Gasteiger partial charge in [0.2, 0.25) is 0 Å². The highest BCUT2D eigenvalue weighted by atomic mass is 16.5. The van der Waals surface area contributed by atoms with E-state index >= 15 is 0 Å². The number of nitrogens with one attached hydrogen (secondary N) is 1. The summed E-state index contributed by atoms with van der Waals surface area (Å²) in [7, 11) is 0. The Kier molecular flexibility index (Phi) is 6.72. The van der Waals surface area contributed by atoms with Crippen LogP contribution in [0.3, 0.4) is 0 Å². The van der Waals surface area contributed by atoms with Gasteiger partial charge in [0.05, 0.1) is 6.61 Å². The van der Waals surface area contributed by atoms with Gasteiger partial charge in [-0.2, -0.15) is 5.26 Å². The molecule has 0 bridgehead atoms. The first-order valence-corrected chi connectivity index (χ1v) is 8.22. The van der Waals surface area contributed by atoms with Crippen molar-refractivity contribution in [2.24, 2.45) is 0 Å². The van der Waals surface area contributed by atoms with Gasteiger partial charge in [0, 0.05) is 6.07 Å². The van der Waals surface area contributed by atoms with Crippen molar-refractivity contribution in [1.29, 1.82) is 5.26 Å². The van der Waals surface area contributed by atoms with E-state index in [1.165, 1.54) is 19.1 Å². The van der Waals surface area contributed by atoms with Crippen LogP contribution in [-0.4, -0.2) is 29.7 Å². The molecule has 0 saturated carbocycles. The highest BCUT2D eigenvalue weighted by Gasteiger charge is 2.21. The largest absolute Gasteiger partial charge is 0.494 e. The van der Waals surface area contributed by atoms with E-state index in [1.54, 1.807) is 37.3 Å². The van der Waals surface area contributed by atoms with E-state index < -0.39 is 18.0 Å². The summed E-state index contributed by atoms with van der Waals surface area (Å²) in [6, 6.07) is 10.2. The molecule has 1 aromatic heterocycles. The van der Waals surface area contributed by atoms with Gasteiger partial charge in [0.15, 0.2) is 11.9 Å². The van der Waals surface area contributed by atoms with Crippen LogP contribution in [0, 0.1) is 18.3 Å². The minimum absolute atomic E-state index is 0.214. The Bertz CT molecular complexity index is 877. The van der Waals surface area contributed by atoms with E-state index in [9.17, 15) is 14.9 Å². The number of ether oxygens (including phenoxy) is 2. The van der Waals surface area contributed by atoms with Gasteiger partial charge in [0.1, 0.15) is 23.2 Å². The Morgan fingerprint density at radius 1 is 1.37 bits per heavy atom. The van der Waals surface area contributed by atoms with E-state index in [1.807, 2.05) is 6.92 Å². The lowest BCUT2D eigenvalue weighted by atomic mass is 10.1. The summed E-state index contributed by atoms with van der Waals surface area (Å²) in [6.07, 6.45) is 0.260. The molecule has 0 saturated heterocycles. The molecular weight excluding hydrogens is 350 g/mol. The number of carbonyl (C=O) groups is 2. The van der Waals surface area contributed by atoms with Crippen molar-refractivity contribution in [3.63, 3.8) is 0 Å². The zero-order chi connectivity index (χ0) is 19.8. The molecule has 0 spiro atoms. The fourth-order valence-corrected chi connectivity index (χ4v) is 2.06. The van der Waals surface area contributed by atoms with Crippen molar-refractivity contribution in [2.45, 2.75) is 26.9 Å². The lowest BCUT2D eigenvalue weighted by molar-refractivity contribution is -0.148. The normalized spacial score (nSPS) is 12.0. The number of amides is 1. The highest BCUT2D eigenvalue weighted by molar-refractivity contribution is 6.00. The maximum Gasteiger partial charge on any atom is 0.349 e. The summed E-state index contributed by atoms with van der Waals surface area (Å²) in [5.41, 5.74) is 0.401. The van der Waals surface area contributed by atoms with Crippen molar-refractivity contribution in [1.82, 2.24) is 5.16 Å². The maximum atomic E-state index is 12.2. The Morgan fingerprint density at radius 3 is 2.63 bits per heavy atom. The standard InChI is InChI=1S/C19H19N3O5/c1-4-25-16-7-5-14(6-8-16)10-15(11-20)19(24)26-13(3)18(23)21-17-9-12(2)27-22-17/h5-10,13H,4H2,1-3H3,(H,21,22,23)/b15-10+/t13-/m1/s1. The van der Waals surface area contributed by atoms with Crippen molar-refractivity contribution >= 4 is 23.8 Å². The van der Waals surface area contributed by atoms with Gasteiger partial charge in [-0.25, -0.2) is 4.79 Å². The first kappa shape index (κ1) is 19.7. The number of rotatable bonds is 7. The lowest BCUT2D eigenvalue weighted by Crippen LogP contribution is -2.30. The topological polar surface area (TPSA) is 114 Å². The fourth-order valence-electron chi connectivity index (χ4n) is 2.06. The Hall–Kier alpha value is -3.60. The number of esters is 1. The van der Waals surface area contributed by atoms with Crippen LogP contribution in [0.2, 0.25) is 0 Å². The van der Waals surface area contributed by atoms with Gasteiger partial charge in [0.25, 0.3) is 5.91 Å². The number of aromatic nitrogens is 1. The zero-order valence-electron chi connectivity index (χ0n) is 15.2. The first-order chi connectivity index (χ1) is 12.9. The third kappa shape index (κ3) is 5.71. The summed E-state index contributed by atoms with van der Waals surface area (Å²) < 4.78 is 15.2. The lowest BCUT2D eigenvalue weighted by Gasteiger charge is -2.11. The molecule has 8 heteroatoms. The quantitative estimate of drug-likeness (QED) is 0.453. The SMILES string of the molecule is CCOc1ccc(/C=C(\C#N)C(=O)O[C@H](C)C(=O)Nc2cc(C)on2)cc1. The Morgan fingerprint density at radius 2 is 2.07 bits per heavy atom. The summed E-state index contributed by atoms with van der Waals surface area (Å²) in [6.45, 7) is 5.49. The molecule has 0 radical (unpaired) electrons. The van der Waals surface area contributed by atoms with E-state index in [2.05, 4.69) is 10.5 Å².